The minimum atomic E-state index is -0.550. The lowest BCUT2D eigenvalue weighted by molar-refractivity contribution is -0.146. The van der Waals surface area contributed by atoms with Crippen molar-refractivity contribution in [3.05, 3.63) is 77.0 Å². The van der Waals surface area contributed by atoms with E-state index < -0.39 is 18.5 Å². The number of methoxy groups -OCH3 is 1. The molecule has 3 aromatic rings. The van der Waals surface area contributed by atoms with Gasteiger partial charge in [0, 0.05) is 16.9 Å². The maximum Gasteiger partial charge on any atom is 0.310 e. The van der Waals surface area contributed by atoms with E-state index in [1.165, 1.54) is 7.11 Å². The zero-order chi connectivity index (χ0) is 22.4. The van der Waals surface area contributed by atoms with Crippen molar-refractivity contribution in [1.29, 1.82) is 5.26 Å². The molecule has 7 heteroatoms. The molecule has 0 spiro atoms. The molecule has 3 rings (SSSR count). The summed E-state index contributed by atoms with van der Waals surface area (Å²) in [6.45, 7) is 3.25. The minimum Gasteiger partial charge on any atom is -0.496 e. The van der Waals surface area contributed by atoms with E-state index in [4.69, 9.17) is 9.47 Å². The molecule has 0 atom stereocenters. The first-order valence-electron chi connectivity index (χ1n) is 9.71. The number of amides is 1. The quantitative estimate of drug-likeness (QED) is 0.592. The number of para-hydroxylation sites is 2. The predicted molar refractivity (Wildman–Crippen MR) is 116 cm³/mol. The Balaban J connectivity index is 1.73. The van der Waals surface area contributed by atoms with Gasteiger partial charge >= 0.3 is 5.97 Å². The molecule has 1 heterocycles. The molecule has 0 saturated carbocycles. The van der Waals surface area contributed by atoms with Gasteiger partial charge in [0.05, 0.1) is 19.1 Å². The summed E-state index contributed by atoms with van der Waals surface area (Å²) in [6.07, 6.45) is -0.0145. The fourth-order valence-corrected chi connectivity index (χ4v) is 3.33. The van der Waals surface area contributed by atoms with Gasteiger partial charge in [0.25, 0.3) is 5.91 Å². The Bertz CT molecular complexity index is 1140. The summed E-state index contributed by atoms with van der Waals surface area (Å²) in [4.78, 5) is 24.7. The fourth-order valence-electron chi connectivity index (χ4n) is 3.33. The van der Waals surface area contributed by atoms with E-state index in [1.807, 2.05) is 48.7 Å². The largest absolute Gasteiger partial charge is 0.496 e. The lowest BCUT2D eigenvalue weighted by atomic mass is 10.1. The van der Waals surface area contributed by atoms with Crippen LogP contribution in [-0.2, 0) is 20.7 Å². The number of nitriles is 1. The third-order valence-electron chi connectivity index (χ3n) is 4.99. The molecule has 1 amide bonds. The fraction of sp³-hybridized carbons (Fsp3) is 0.208. The normalized spacial score (nSPS) is 10.3. The Labute approximate surface area is 180 Å². The molecule has 0 saturated heterocycles. The second kappa shape index (κ2) is 9.63. The number of esters is 1. The van der Waals surface area contributed by atoms with Crippen LogP contribution in [0.15, 0.2) is 54.6 Å². The van der Waals surface area contributed by atoms with Crippen molar-refractivity contribution >= 4 is 17.7 Å². The average molecular weight is 417 g/mol. The predicted octanol–water partition coefficient (Wildman–Crippen LogP) is 3.70. The highest BCUT2D eigenvalue weighted by molar-refractivity contribution is 5.94. The lowest BCUT2D eigenvalue weighted by Gasteiger charge is -2.13. The third kappa shape index (κ3) is 4.75. The SMILES string of the molecule is COc1ccccc1CC(=O)OCC(=O)Nc1c(C#N)c(C)c(C)n1-c1ccccc1. The van der Waals surface area contributed by atoms with Crippen molar-refractivity contribution in [2.24, 2.45) is 0 Å². The van der Waals surface area contributed by atoms with Crippen LogP contribution in [0.1, 0.15) is 22.4 Å². The first kappa shape index (κ1) is 21.7. The number of anilines is 1. The average Bonchev–Trinajstić information content (AvgIpc) is 3.02. The molecule has 158 valence electrons. The first-order chi connectivity index (χ1) is 15.0. The monoisotopic (exact) mass is 417 g/mol. The highest BCUT2D eigenvalue weighted by Crippen LogP contribution is 2.29. The number of benzene rings is 2. The zero-order valence-corrected chi connectivity index (χ0v) is 17.6. The molecule has 0 aliphatic carbocycles. The Hall–Kier alpha value is -4.05. The van der Waals surface area contributed by atoms with Gasteiger partial charge in [-0.25, -0.2) is 0 Å². The third-order valence-corrected chi connectivity index (χ3v) is 4.99. The van der Waals surface area contributed by atoms with Crippen LogP contribution in [0.5, 0.6) is 5.75 Å². The van der Waals surface area contributed by atoms with Crippen LogP contribution in [0.25, 0.3) is 5.69 Å². The van der Waals surface area contributed by atoms with E-state index in [9.17, 15) is 14.9 Å². The molecule has 0 aliphatic heterocycles. The van der Waals surface area contributed by atoms with Crippen LogP contribution in [0, 0.1) is 25.2 Å². The van der Waals surface area contributed by atoms with Crippen molar-refractivity contribution in [1.82, 2.24) is 4.57 Å². The summed E-state index contributed by atoms with van der Waals surface area (Å²) in [5.41, 5.74) is 3.47. The highest BCUT2D eigenvalue weighted by Gasteiger charge is 2.21. The smallest absolute Gasteiger partial charge is 0.310 e. The van der Waals surface area contributed by atoms with Gasteiger partial charge in [-0.2, -0.15) is 5.26 Å². The van der Waals surface area contributed by atoms with Crippen molar-refractivity contribution in [3.8, 4) is 17.5 Å². The molecule has 0 aliphatic rings. The summed E-state index contributed by atoms with van der Waals surface area (Å²) in [7, 11) is 1.52. The minimum absolute atomic E-state index is 0.0145. The molecular weight excluding hydrogens is 394 g/mol. The van der Waals surface area contributed by atoms with E-state index in [0.717, 1.165) is 16.9 Å². The highest BCUT2D eigenvalue weighted by atomic mass is 16.5. The summed E-state index contributed by atoms with van der Waals surface area (Å²) in [5, 5.41) is 12.3. The molecule has 1 N–H and O–H groups in total. The van der Waals surface area contributed by atoms with E-state index in [2.05, 4.69) is 11.4 Å². The molecular formula is C24H23N3O4. The molecule has 7 nitrogen and oxygen atoms in total. The maximum absolute atomic E-state index is 12.5. The van der Waals surface area contributed by atoms with Gasteiger partial charge in [0.2, 0.25) is 0 Å². The van der Waals surface area contributed by atoms with Crippen molar-refractivity contribution in [2.75, 3.05) is 19.0 Å². The molecule has 0 radical (unpaired) electrons. The second-order valence-electron chi connectivity index (χ2n) is 6.91. The van der Waals surface area contributed by atoms with E-state index in [0.29, 0.717) is 22.7 Å². The molecule has 31 heavy (non-hydrogen) atoms. The van der Waals surface area contributed by atoms with Gasteiger partial charge in [-0.3, -0.25) is 14.2 Å². The van der Waals surface area contributed by atoms with E-state index in [1.54, 1.807) is 24.3 Å². The number of rotatable bonds is 7. The van der Waals surface area contributed by atoms with Gasteiger partial charge in [-0.15, -0.1) is 0 Å². The number of nitrogens with one attached hydrogen (secondary N) is 1. The van der Waals surface area contributed by atoms with Crippen LogP contribution in [0.2, 0.25) is 0 Å². The number of aromatic nitrogens is 1. The number of carbonyl (C=O) groups excluding carboxylic acids is 2. The van der Waals surface area contributed by atoms with Crippen LogP contribution >= 0.6 is 0 Å². The van der Waals surface area contributed by atoms with Crippen LogP contribution in [0.3, 0.4) is 0 Å². The topological polar surface area (TPSA) is 93.3 Å². The maximum atomic E-state index is 12.5. The molecule has 0 fully saturated rings. The second-order valence-corrected chi connectivity index (χ2v) is 6.91. The number of hydrogen-bond acceptors (Lipinski definition) is 5. The number of hydrogen-bond donors (Lipinski definition) is 1. The number of nitrogens with zero attached hydrogens (tertiary/aromatic N) is 2. The summed E-state index contributed by atoms with van der Waals surface area (Å²) < 4.78 is 12.2. The Kier molecular flexibility index (Phi) is 6.73. The molecule has 0 bridgehead atoms. The Morgan fingerprint density at radius 1 is 1.06 bits per heavy atom. The zero-order valence-electron chi connectivity index (χ0n) is 17.6. The summed E-state index contributed by atoms with van der Waals surface area (Å²) in [6, 6.07) is 18.7. The van der Waals surface area contributed by atoms with Gasteiger partial charge in [-0.1, -0.05) is 36.4 Å². The van der Waals surface area contributed by atoms with Crippen molar-refractivity contribution in [3.63, 3.8) is 0 Å². The number of carbonyl (C=O) groups is 2. The van der Waals surface area contributed by atoms with E-state index in [-0.39, 0.29) is 6.42 Å². The first-order valence-corrected chi connectivity index (χ1v) is 9.71. The van der Waals surface area contributed by atoms with Crippen LogP contribution < -0.4 is 10.1 Å². The Morgan fingerprint density at radius 3 is 2.42 bits per heavy atom. The molecule has 1 aromatic heterocycles. The standard InChI is InChI=1S/C24H23N3O4/c1-16-17(2)27(19-10-5-4-6-11-19)24(20(16)14-25)26-22(28)15-31-23(29)13-18-9-7-8-12-21(18)30-3/h4-12H,13,15H2,1-3H3,(H,26,28). The van der Waals surface area contributed by atoms with Gasteiger partial charge < -0.3 is 14.8 Å². The van der Waals surface area contributed by atoms with Crippen molar-refractivity contribution < 1.29 is 19.1 Å². The van der Waals surface area contributed by atoms with Gasteiger partial charge in [-0.05, 0) is 37.6 Å². The Morgan fingerprint density at radius 2 is 1.74 bits per heavy atom. The van der Waals surface area contributed by atoms with Gasteiger partial charge in [0.15, 0.2) is 6.61 Å². The summed E-state index contributed by atoms with van der Waals surface area (Å²) in [5.74, 6) is -0.144. The lowest BCUT2D eigenvalue weighted by Crippen LogP contribution is -2.23. The van der Waals surface area contributed by atoms with Crippen molar-refractivity contribution in [2.45, 2.75) is 20.3 Å². The van der Waals surface area contributed by atoms with Crippen LogP contribution in [0.4, 0.5) is 5.82 Å². The van der Waals surface area contributed by atoms with Crippen LogP contribution in [-0.4, -0.2) is 30.2 Å². The van der Waals surface area contributed by atoms with E-state index >= 15 is 0 Å². The number of ether oxygens (including phenoxy) is 2. The molecule has 0 unspecified atom stereocenters. The summed E-state index contributed by atoms with van der Waals surface area (Å²) >= 11 is 0. The van der Waals surface area contributed by atoms with Gasteiger partial charge in [0.1, 0.15) is 17.6 Å². The molecule has 2 aromatic carbocycles.